The van der Waals surface area contributed by atoms with Crippen LogP contribution in [0.5, 0.6) is 0 Å². The highest BCUT2D eigenvalue weighted by molar-refractivity contribution is 5.94. The first-order valence-corrected chi connectivity index (χ1v) is 5.72. The molecule has 5 nitrogen and oxygen atoms in total. The van der Waals surface area contributed by atoms with Gasteiger partial charge in [-0.3, -0.25) is 9.59 Å². The van der Waals surface area contributed by atoms with Gasteiger partial charge in [0.2, 0.25) is 5.56 Å². The Kier molecular flexibility index (Phi) is 3.02. The van der Waals surface area contributed by atoms with Gasteiger partial charge in [-0.15, -0.1) is 0 Å². The Morgan fingerprint density at radius 2 is 2.24 bits per heavy atom. The summed E-state index contributed by atoms with van der Waals surface area (Å²) < 4.78 is 0. The van der Waals surface area contributed by atoms with Gasteiger partial charge in [0.25, 0.3) is 5.91 Å². The highest BCUT2D eigenvalue weighted by Gasteiger charge is 2.33. The molecule has 0 unspecified atom stereocenters. The highest BCUT2D eigenvalue weighted by atomic mass is 16.2. The number of amides is 1. The number of pyridine rings is 1. The zero-order chi connectivity index (χ0) is 12.5. The molecule has 0 aromatic carbocycles. The molecular formula is C12H17N3O2. The van der Waals surface area contributed by atoms with Crippen LogP contribution in [0.1, 0.15) is 24.2 Å². The molecule has 0 bridgehead atoms. The van der Waals surface area contributed by atoms with E-state index in [1.807, 2.05) is 18.7 Å². The van der Waals surface area contributed by atoms with E-state index in [1.54, 1.807) is 6.07 Å². The van der Waals surface area contributed by atoms with Crippen LogP contribution in [0.3, 0.4) is 0 Å². The smallest absolute Gasteiger partial charge is 0.254 e. The molecule has 2 rings (SSSR count). The molecule has 2 heterocycles. The van der Waals surface area contributed by atoms with E-state index in [9.17, 15) is 9.59 Å². The van der Waals surface area contributed by atoms with Crippen molar-refractivity contribution in [2.75, 3.05) is 19.6 Å². The van der Waals surface area contributed by atoms with Crippen LogP contribution in [0.2, 0.25) is 0 Å². The van der Waals surface area contributed by atoms with E-state index in [1.165, 1.54) is 12.3 Å². The summed E-state index contributed by atoms with van der Waals surface area (Å²) in [5.74, 6) is -0.0809. The summed E-state index contributed by atoms with van der Waals surface area (Å²) in [4.78, 5) is 27.8. The molecule has 1 aromatic heterocycles. The molecule has 1 saturated heterocycles. The summed E-state index contributed by atoms with van der Waals surface area (Å²) >= 11 is 0. The van der Waals surface area contributed by atoms with Crippen molar-refractivity contribution in [2.45, 2.75) is 19.4 Å². The molecule has 92 valence electrons. The lowest BCUT2D eigenvalue weighted by Crippen LogP contribution is -2.59. The second-order valence-corrected chi connectivity index (χ2v) is 4.89. The Bertz CT molecular complexity index is 479. The fourth-order valence-electron chi connectivity index (χ4n) is 2.09. The first-order chi connectivity index (χ1) is 8.00. The van der Waals surface area contributed by atoms with Gasteiger partial charge in [0, 0.05) is 37.5 Å². The van der Waals surface area contributed by atoms with Crippen molar-refractivity contribution in [3.8, 4) is 0 Å². The molecule has 2 N–H and O–H groups in total. The van der Waals surface area contributed by atoms with E-state index in [-0.39, 0.29) is 17.0 Å². The van der Waals surface area contributed by atoms with Crippen LogP contribution in [-0.4, -0.2) is 41.0 Å². The molecule has 0 saturated carbocycles. The number of hydrogen-bond donors (Lipinski definition) is 2. The van der Waals surface area contributed by atoms with Gasteiger partial charge in [-0.2, -0.15) is 0 Å². The minimum Gasteiger partial charge on any atom is -0.331 e. The van der Waals surface area contributed by atoms with Crippen LogP contribution in [0.4, 0.5) is 0 Å². The monoisotopic (exact) mass is 235 g/mol. The summed E-state index contributed by atoms with van der Waals surface area (Å²) in [6.45, 7) is 6.26. The molecule has 1 amide bonds. The van der Waals surface area contributed by atoms with Crippen molar-refractivity contribution in [1.29, 1.82) is 0 Å². The van der Waals surface area contributed by atoms with Crippen molar-refractivity contribution in [1.82, 2.24) is 15.2 Å². The number of aromatic nitrogens is 1. The van der Waals surface area contributed by atoms with Gasteiger partial charge >= 0.3 is 0 Å². The van der Waals surface area contributed by atoms with E-state index in [4.69, 9.17) is 0 Å². The average Bonchev–Trinajstić information content (AvgIpc) is 2.27. The van der Waals surface area contributed by atoms with Crippen molar-refractivity contribution >= 4 is 5.91 Å². The first kappa shape index (κ1) is 11.9. The number of nitrogens with zero attached hydrogens (tertiary/aromatic N) is 1. The summed E-state index contributed by atoms with van der Waals surface area (Å²) in [7, 11) is 0. The average molecular weight is 235 g/mol. The fraction of sp³-hybridized carbons (Fsp3) is 0.500. The second kappa shape index (κ2) is 4.33. The molecule has 1 aliphatic heterocycles. The predicted molar refractivity (Wildman–Crippen MR) is 65.0 cm³/mol. The van der Waals surface area contributed by atoms with Crippen LogP contribution in [-0.2, 0) is 0 Å². The minimum absolute atomic E-state index is 0.0809. The summed E-state index contributed by atoms with van der Waals surface area (Å²) in [5, 5.41) is 3.26. The maximum absolute atomic E-state index is 12.3. The largest absolute Gasteiger partial charge is 0.331 e. The second-order valence-electron chi connectivity index (χ2n) is 4.89. The van der Waals surface area contributed by atoms with Crippen LogP contribution < -0.4 is 10.9 Å². The zero-order valence-corrected chi connectivity index (χ0v) is 10.1. The number of piperazine rings is 1. The molecule has 0 radical (unpaired) electrons. The normalized spacial score (nSPS) is 19.1. The Morgan fingerprint density at radius 3 is 2.88 bits per heavy atom. The molecule has 1 aromatic rings. The lowest BCUT2D eigenvalue weighted by atomic mass is 9.99. The summed E-state index contributed by atoms with van der Waals surface area (Å²) in [5.41, 5.74) is -0.0229. The SMILES string of the molecule is CC1(C)CNCCN1C(=O)c1cc[nH]c(=O)c1. The van der Waals surface area contributed by atoms with Crippen molar-refractivity contribution in [3.63, 3.8) is 0 Å². The molecule has 17 heavy (non-hydrogen) atoms. The molecular weight excluding hydrogens is 218 g/mol. The number of rotatable bonds is 1. The van der Waals surface area contributed by atoms with Gasteiger partial charge in [0.15, 0.2) is 0 Å². The molecule has 5 heteroatoms. The van der Waals surface area contributed by atoms with Crippen molar-refractivity contribution in [3.05, 3.63) is 34.2 Å². The van der Waals surface area contributed by atoms with Crippen LogP contribution in [0.25, 0.3) is 0 Å². The van der Waals surface area contributed by atoms with Crippen LogP contribution in [0, 0.1) is 0 Å². The standard InChI is InChI=1S/C12H17N3O2/c1-12(2)8-13-5-6-15(12)11(17)9-3-4-14-10(16)7-9/h3-4,7,13H,5-6,8H2,1-2H3,(H,14,16). The number of H-pyrrole nitrogens is 1. The first-order valence-electron chi connectivity index (χ1n) is 5.72. The Hall–Kier alpha value is -1.62. The fourth-order valence-corrected chi connectivity index (χ4v) is 2.09. The number of hydrogen-bond acceptors (Lipinski definition) is 3. The molecule has 0 spiro atoms. The minimum atomic E-state index is -0.246. The summed E-state index contributed by atoms with van der Waals surface area (Å²) in [6.07, 6.45) is 1.50. The summed E-state index contributed by atoms with van der Waals surface area (Å²) in [6, 6.07) is 2.99. The van der Waals surface area contributed by atoms with Crippen LogP contribution >= 0.6 is 0 Å². The maximum atomic E-state index is 12.3. The third-order valence-electron chi connectivity index (χ3n) is 3.07. The Labute approximate surface area is 99.8 Å². The maximum Gasteiger partial charge on any atom is 0.254 e. The lowest BCUT2D eigenvalue weighted by molar-refractivity contribution is 0.0477. The van der Waals surface area contributed by atoms with Gasteiger partial charge in [-0.1, -0.05) is 0 Å². The molecule has 0 aliphatic carbocycles. The Morgan fingerprint density at radius 1 is 1.47 bits per heavy atom. The van der Waals surface area contributed by atoms with E-state index >= 15 is 0 Å². The van der Waals surface area contributed by atoms with Gasteiger partial charge in [-0.05, 0) is 19.9 Å². The van der Waals surface area contributed by atoms with Gasteiger partial charge in [-0.25, -0.2) is 0 Å². The number of carbonyl (C=O) groups excluding carboxylic acids is 1. The van der Waals surface area contributed by atoms with E-state index in [0.717, 1.165) is 13.1 Å². The molecule has 1 fully saturated rings. The lowest BCUT2D eigenvalue weighted by Gasteiger charge is -2.42. The van der Waals surface area contributed by atoms with Crippen molar-refractivity contribution < 1.29 is 4.79 Å². The quantitative estimate of drug-likeness (QED) is 0.730. The number of aromatic amines is 1. The number of carbonyl (C=O) groups is 1. The highest BCUT2D eigenvalue weighted by Crippen LogP contribution is 2.18. The third-order valence-corrected chi connectivity index (χ3v) is 3.07. The molecule has 0 atom stereocenters. The third kappa shape index (κ3) is 2.39. The van der Waals surface area contributed by atoms with Crippen LogP contribution in [0.15, 0.2) is 23.1 Å². The van der Waals surface area contributed by atoms with E-state index in [0.29, 0.717) is 12.1 Å². The van der Waals surface area contributed by atoms with E-state index < -0.39 is 0 Å². The zero-order valence-electron chi connectivity index (χ0n) is 10.1. The molecule has 1 aliphatic rings. The van der Waals surface area contributed by atoms with Gasteiger partial charge in [0.05, 0.1) is 5.54 Å². The van der Waals surface area contributed by atoms with Gasteiger partial charge < -0.3 is 15.2 Å². The Balaban J connectivity index is 2.28. The van der Waals surface area contributed by atoms with Crippen molar-refractivity contribution in [2.24, 2.45) is 0 Å². The number of nitrogens with one attached hydrogen (secondary N) is 2. The van der Waals surface area contributed by atoms with E-state index in [2.05, 4.69) is 10.3 Å². The predicted octanol–water partition coefficient (Wildman–Crippen LogP) is 0.199. The topological polar surface area (TPSA) is 65.2 Å². The van der Waals surface area contributed by atoms with Gasteiger partial charge in [0.1, 0.15) is 0 Å².